The van der Waals surface area contributed by atoms with Crippen LogP contribution < -0.4 is 10.8 Å². The molecule has 0 fully saturated rings. The summed E-state index contributed by atoms with van der Waals surface area (Å²) in [7, 11) is 0. The second-order valence-corrected chi connectivity index (χ2v) is 3.82. The molecule has 0 bridgehead atoms. The van der Waals surface area contributed by atoms with Gasteiger partial charge in [-0.1, -0.05) is 23.7 Å². The first-order chi connectivity index (χ1) is 7.24. The lowest BCUT2D eigenvalue weighted by molar-refractivity contribution is -0.134. The van der Waals surface area contributed by atoms with Crippen LogP contribution in [-0.2, 0) is 15.2 Å². The highest BCUT2D eigenvalue weighted by Crippen LogP contribution is 2.44. The summed E-state index contributed by atoms with van der Waals surface area (Å²) >= 11 is 5.98. The Kier molecular flexibility index (Phi) is 1.60. The van der Waals surface area contributed by atoms with E-state index in [1.807, 2.05) is 6.07 Å². The number of fused-ring (bicyclic) bond motifs is 2. The molecule has 2 N–H and O–H groups in total. The van der Waals surface area contributed by atoms with Crippen LogP contribution in [0.15, 0.2) is 30.5 Å². The van der Waals surface area contributed by atoms with E-state index in [-0.39, 0.29) is 5.91 Å². The average Bonchev–Trinajstić information content (AvgIpc) is 2.77. The zero-order valence-electron chi connectivity index (χ0n) is 7.58. The smallest absolute Gasteiger partial charge is 0.267 e. The quantitative estimate of drug-likeness (QED) is 0.700. The molecule has 1 spiro atoms. The monoisotopic (exact) mass is 222 g/mol. The van der Waals surface area contributed by atoms with Crippen LogP contribution >= 0.6 is 11.6 Å². The summed E-state index contributed by atoms with van der Waals surface area (Å²) in [5, 5.41) is 3.12. The van der Waals surface area contributed by atoms with E-state index in [4.69, 9.17) is 16.4 Å². The van der Waals surface area contributed by atoms with E-state index in [1.54, 1.807) is 24.4 Å². The van der Waals surface area contributed by atoms with E-state index in [9.17, 15) is 4.79 Å². The fraction of sp³-hybridized carbons (Fsp3) is 0.100. The van der Waals surface area contributed by atoms with Gasteiger partial charge in [-0.25, -0.2) is 0 Å². The summed E-state index contributed by atoms with van der Waals surface area (Å²) < 4.78 is 0. The summed E-state index contributed by atoms with van der Waals surface area (Å²) in [6, 6.07) is 5.35. The second kappa shape index (κ2) is 2.74. The average molecular weight is 223 g/mol. The first-order valence-corrected chi connectivity index (χ1v) is 4.83. The van der Waals surface area contributed by atoms with Crippen LogP contribution in [0.3, 0.4) is 0 Å². The molecule has 0 aromatic heterocycles. The molecule has 1 aromatic carbocycles. The molecule has 4 nitrogen and oxygen atoms in total. The number of para-hydroxylation sites is 1. The molecule has 0 saturated carbocycles. The third-order valence-electron chi connectivity index (χ3n) is 2.60. The Morgan fingerprint density at radius 3 is 3.00 bits per heavy atom. The van der Waals surface area contributed by atoms with Gasteiger partial charge in [0, 0.05) is 11.8 Å². The molecule has 1 unspecified atom stereocenters. The maximum Gasteiger partial charge on any atom is 0.267 e. The van der Waals surface area contributed by atoms with Crippen molar-refractivity contribution in [3.05, 3.63) is 41.1 Å². The van der Waals surface area contributed by atoms with Crippen molar-refractivity contribution in [3.8, 4) is 0 Å². The topological polar surface area (TPSA) is 50.4 Å². The maximum absolute atomic E-state index is 11.7. The molecule has 2 aliphatic rings. The molecule has 76 valence electrons. The fourth-order valence-corrected chi connectivity index (χ4v) is 2.05. The molecule has 0 aliphatic carbocycles. The van der Waals surface area contributed by atoms with Gasteiger partial charge < -0.3 is 5.32 Å². The molecule has 3 rings (SSSR count). The third kappa shape index (κ3) is 0.976. The highest BCUT2D eigenvalue weighted by Gasteiger charge is 2.48. The highest BCUT2D eigenvalue weighted by molar-refractivity contribution is 6.33. The Morgan fingerprint density at radius 1 is 1.40 bits per heavy atom. The van der Waals surface area contributed by atoms with Crippen LogP contribution in [0.5, 0.6) is 0 Å². The normalized spacial score (nSPS) is 26.6. The Balaban J connectivity index is 2.24. The van der Waals surface area contributed by atoms with Crippen LogP contribution in [0.4, 0.5) is 5.69 Å². The van der Waals surface area contributed by atoms with Crippen LogP contribution in [-0.4, -0.2) is 5.91 Å². The molecule has 15 heavy (non-hydrogen) atoms. The summed E-state index contributed by atoms with van der Waals surface area (Å²) in [6.07, 6.45) is 3.24. The zero-order valence-corrected chi connectivity index (χ0v) is 8.34. The molecular formula is C10H7ClN2O2. The SMILES string of the molecule is O=C1NC=CC12ONc1c(Cl)cccc12. The number of rotatable bonds is 0. The van der Waals surface area contributed by atoms with E-state index < -0.39 is 5.60 Å². The second-order valence-electron chi connectivity index (χ2n) is 3.41. The molecule has 2 aliphatic heterocycles. The molecule has 0 saturated heterocycles. The number of nitrogens with one attached hydrogen (secondary N) is 2. The number of hydrogen-bond donors (Lipinski definition) is 2. The van der Waals surface area contributed by atoms with Gasteiger partial charge in [0.15, 0.2) is 0 Å². The van der Waals surface area contributed by atoms with E-state index in [0.717, 1.165) is 5.56 Å². The van der Waals surface area contributed by atoms with Crippen LogP contribution in [0.25, 0.3) is 0 Å². The summed E-state index contributed by atoms with van der Waals surface area (Å²) in [6.45, 7) is 0. The van der Waals surface area contributed by atoms with Gasteiger partial charge in [-0.05, 0) is 12.1 Å². The standard InChI is InChI=1S/C10H7ClN2O2/c11-7-3-1-2-6-8(7)13-15-10(6)4-5-12-9(10)14/h1-5,13H,(H,12,14). The number of anilines is 1. The van der Waals surface area contributed by atoms with E-state index >= 15 is 0 Å². The number of benzene rings is 1. The molecular weight excluding hydrogens is 216 g/mol. The van der Waals surface area contributed by atoms with Crippen LogP contribution in [0.2, 0.25) is 5.02 Å². The van der Waals surface area contributed by atoms with Gasteiger partial charge in [0.1, 0.15) is 0 Å². The van der Waals surface area contributed by atoms with Gasteiger partial charge in [0.05, 0.1) is 10.7 Å². The van der Waals surface area contributed by atoms with Crippen LogP contribution in [0.1, 0.15) is 5.56 Å². The molecule has 2 heterocycles. The van der Waals surface area contributed by atoms with Crippen molar-refractivity contribution in [3.63, 3.8) is 0 Å². The Bertz CT molecular complexity index is 486. The Labute approximate surface area is 90.8 Å². The third-order valence-corrected chi connectivity index (χ3v) is 2.91. The highest BCUT2D eigenvalue weighted by atomic mass is 35.5. The lowest BCUT2D eigenvalue weighted by atomic mass is 9.94. The molecule has 1 amide bonds. The first kappa shape index (κ1) is 8.76. The van der Waals surface area contributed by atoms with Crippen molar-refractivity contribution in [2.24, 2.45) is 0 Å². The minimum atomic E-state index is -1.06. The van der Waals surface area contributed by atoms with E-state index in [1.165, 1.54) is 0 Å². The number of halogens is 1. The van der Waals surface area contributed by atoms with Gasteiger partial charge in [-0.3, -0.25) is 15.1 Å². The molecule has 1 aromatic rings. The van der Waals surface area contributed by atoms with E-state index in [2.05, 4.69) is 10.8 Å². The summed E-state index contributed by atoms with van der Waals surface area (Å²) in [4.78, 5) is 17.0. The van der Waals surface area contributed by atoms with Crippen molar-refractivity contribution in [2.45, 2.75) is 5.60 Å². The zero-order chi connectivity index (χ0) is 10.5. The van der Waals surface area contributed by atoms with Crippen molar-refractivity contribution in [2.75, 3.05) is 5.48 Å². The maximum atomic E-state index is 11.7. The Morgan fingerprint density at radius 2 is 2.27 bits per heavy atom. The molecule has 5 heteroatoms. The lowest BCUT2D eigenvalue weighted by Crippen LogP contribution is -2.36. The van der Waals surface area contributed by atoms with Crippen molar-refractivity contribution < 1.29 is 9.63 Å². The molecule has 1 atom stereocenters. The summed E-state index contributed by atoms with van der Waals surface area (Å²) in [5.74, 6) is -0.212. The predicted octanol–water partition coefficient (Wildman–Crippen LogP) is 1.54. The minimum absolute atomic E-state index is 0.212. The largest absolute Gasteiger partial charge is 0.330 e. The van der Waals surface area contributed by atoms with E-state index in [0.29, 0.717) is 10.7 Å². The number of carbonyl (C=O) groups excluding carboxylic acids is 1. The number of carbonyl (C=O) groups is 1. The molecule has 0 radical (unpaired) electrons. The predicted molar refractivity (Wildman–Crippen MR) is 55.1 cm³/mol. The first-order valence-electron chi connectivity index (χ1n) is 4.46. The van der Waals surface area contributed by atoms with Crippen molar-refractivity contribution >= 4 is 23.2 Å². The van der Waals surface area contributed by atoms with Gasteiger partial charge in [0.2, 0.25) is 5.60 Å². The van der Waals surface area contributed by atoms with Gasteiger partial charge >= 0.3 is 0 Å². The minimum Gasteiger partial charge on any atom is -0.330 e. The number of amides is 1. The van der Waals surface area contributed by atoms with Crippen LogP contribution in [0, 0.1) is 0 Å². The van der Waals surface area contributed by atoms with Gasteiger partial charge in [-0.15, -0.1) is 0 Å². The van der Waals surface area contributed by atoms with Crippen molar-refractivity contribution in [1.29, 1.82) is 0 Å². The number of hydrogen-bond acceptors (Lipinski definition) is 3. The Hall–Kier alpha value is -1.52. The summed E-state index contributed by atoms with van der Waals surface area (Å²) in [5.41, 5.74) is 3.02. The lowest BCUT2D eigenvalue weighted by Gasteiger charge is -2.16. The van der Waals surface area contributed by atoms with Crippen molar-refractivity contribution in [1.82, 2.24) is 5.32 Å². The van der Waals surface area contributed by atoms with Gasteiger partial charge in [-0.2, -0.15) is 0 Å². The fourth-order valence-electron chi connectivity index (χ4n) is 1.83. The van der Waals surface area contributed by atoms with Gasteiger partial charge in [0.25, 0.3) is 5.91 Å².